The van der Waals surface area contributed by atoms with Gasteiger partial charge in [0.1, 0.15) is 0 Å². The number of hydrogen-bond donors (Lipinski definition) is 1. The summed E-state index contributed by atoms with van der Waals surface area (Å²) in [5, 5.41) is 2.79. The van der Waals surface area contributed by atoms with Crippen molar-refractivity contribution >= 4 is 40.9 Å². The zero-order valence-corrected chi connectivity index (χ0v) is 16.6. The summed E-state index contributed by atoms with van der Waals surface area (Å²) < 4.78 is 5.24. The number of anilines is 2. The minimum absolute atomic E-state index is 0.0756. The zero-order chi connectivity index (χ0) is 20.1. The van der Waals surface area contributed by atoms with Crippen LogP contribution in [-0.2, 0) is 14.3 Å². The molecule has 7 heteroatoms. The number of para-hydroxylation sites is 1. The lowest BCUT2D eigenvalue weighted by atomic mass is 10.2. The summed E-state index contributed by atoms with van der Waals surface area (Å²) in [6.07, 6.45) is 0.429. The number of nitrogens with one attached hydrogen (secondary N) is 1. The normalized spacial score (nSPS) is 13.3. The summed E-state index contributed by atoms with van der Waals surface area (Å²) in [6.45, 7) is 3.45. The molecule has 2 amide bonds. The molecular formula is C21H22N2O4S. The van der Waals surface area contributed by atoms with Gasteiger partial charge in [-0.2, -0.15) is 0 Å². The Kier molecular flexibility index (Phi) is 6.36. The number of nitrogens with zero attached hydrogens (tertiary/aromatic N) is 1. The van der Waals surface area contributed by atoms with Crippen LogP contribution < -0.4 is 10.2 Å². The molecule has 2 aromatic carbocycles. The van der Waals surface area contributed by atoms with Crippen molar-refractivity contribution in [2.75, 3.05) is 22.6 Å². The minimum atomic E-state index is -0.601. The lowest BCUT2D eigenvalue weighted by Gasteiger charge is -2.26. The van der Waals surface area contributed by atoms with Gasteiger partial charge in [-0.15, -0.1) is 11.8 Å². The molecule has 2 aromatic rings. The molecule has 1 N–H and O–H groups in total. The van der Waals surface area contributed by atoms with Crippen LogP contribution in [0.1, 0.15) is 30.6 Å². The summed E-state index contributed by atoms with van der Waals surface area (Å²) in [5.41, 5.74) is 1.65. The Morgan fingerprint density at radius 2 is 1.93 bits per heavy atom. The van der Waals surface area contributed by atoms with Crippen LogP contribution in [0.4, 0.5) is 11.4 Å². The van der Waals surface area contributed by atoms with Crippen LogP contribution in [0.5, 0.6) is 0 Å². The van der Waals surface area contributed by atoms with Gasteiger partial charge in [0.2, 0.25) is 5.91 Å². The van der Waals surface area contributed by atoms with E-state index in [1.54, 1.807) is 34.9 Å². The van der Waals surface area contributed by atoms with Crippen molar-refractivity contribution in [1.29, 1.82) is 0 Å². The smallest absolute Gasteiger partial charge is 0.338 e. The quantitative estimate of drug-likeness (QED) is 0.777. The Hall–Kier alpha value is -2.80. The fourth-order valence-corrected chi connectivity index (χ4v) is 3.88. The molecule has 0 spiro atoms. The highest BCUT2D eigenvalue weighted by Crippen LogP contribution is 2.31. The lowest BCUT2D eigenvalue weighted by Crippen LogP contribution is -2.39. The van der Waals surface area contributed by atoms with Crippen LogP contribution in [-0.4, -0.2) is 36.2 Å². The topological polar surface area (TPSA) is 75.7 Å². The van der Waals surface area contributed by atoms with E-state index in [0.717, 1.165) is 10.6 Å². The largest absolute Gasteiger partial charge is 0.452 e. The fraction of sp³-hybridized carbons (Fsp3) is 0.286. The van der Waals surface area contributed by atoms with Crippen LogP contribution in [0.25, 0.3) is 0 Å². The molecule has 0 saturated heterocycles. The molecule has 0 aliphatic carbocycles. The molecule has 146 valence electrons. The monoisotopic (exact) mass is 398 g/mol. The predicted molar refractivity (Wildman–Crippen MR) is 110 cm³/mol. The highest BCUT2D eigenvalue weighted by atomic mass is 32.2. The van der Waals surface area contributed by atoms with Gasteiger partial charge in [0.15, 0.2) is 6.61 Å². The summed E-state index contributed by atoms with van der Waals surface area (Å²) in [7, 11) is 0. The van der Waals surface area contributed by atoms with E-state index in [9.17, 15) is 14.4 Å². The molecule has 1 aliphatic rings. The number of carbonyl (C=O) groups excluding carboxylic acids is 3. The number of esters is 1. The number of ether oxygens (including phenoxy) is 1. The molecule has 0 unspecified atom stereocenters. The predicted octanol–water partition coefficient (Wildman–Crippen LogP) is 3.72. The molecule has 0 bridgehead atoms. The van der Waals surface area contributed by atoms with E-state index < -0.39 is 5.97 Å². The van der Waals surface area contributed by atoms with Crippen LogP contribution in [0.15, 0.2) is 53.4 Å². The molecular weight excluding hydrogens is 376 g/mol. The third-order valence-electron chi connectivity index (χ3n) is 4.22. The van der Waals surface area contributed by atoms with Crippen LogP contribution in [0.3, 0.4) is 0 Å². The SMILES string of the molecule is CC(C)N(C(=O)COC(=O)c1ccc2c(c1)NC(=O)CCS2)c1ccccc1. The molecule has 0 fully saturated rings. The minimum Gasteiger partial charge on any atom is -0.452 e. The Morgan fingerprint density at radius 3 is 2.64 bits per heavy atom. The molecule has 0 radical (unpaired) electrons. The maximum atomic E-state index is 12.6. The molecule has 0 atom stereocenters. The van der Waals surface area contributed by atoms with E-state index in [0.29, 0.717) is 23.4 Å². The maximum Gasteiger partial charge on any atom is 0.338 e. The molecule has 0 saturated carbocycles. The summed E-state index contributed by atoms with van der Waals surface area (Å²) in [5.74, 6) is -0.284. The Labute approximate surface area is 168 Å². The van der Waals surface area contributed by atoms with Crippen molar-refractivity contribution in [3.8, 4) is 0 Å². The van der Waals surface area contributed by atoms with Gasteiger partial charge >= 0.3 is 5.97 Å². The first-order valence-electron chi connectivity index (χ1n) is 9.06. The van der Waals surface area contributed by atoms with Crippen molar-refractivity contribution < 1.29 is 19.1 Å². The average Bonchev–Trinajstić information content (AvgIpc) is 2.86. The van der Waals surface area contributed by atoms with Gasteiger partial charge in [0, 0.05) is 28.8 Å². The Balaban J connectivity index is 1.68. The second kappa shape index (κ2) is 8.93. The van der Waals surface area contributed by atoms with Gasteiger partial charge in [-0.3, -0.25) is 9.59 Å². The molecule has 6 nitrogen and oxygen atoms in total. The first kappa shape index (κ1) is 19.9. The second-order valence-electron chi connectivity index (χ2n) is 6.63. The van der Waals surface area contributed by atoms with Gasteiger partial charge in [0.05, 0.1) is 11.3 Å². The Morgan fingerprint density at radius 1 is 1.18 bits per heavy atom. The first-order valence-corrected chi connectivity index (χ1v) is 10.0. The van der Waals surface area contributed by atoms with Crippen molar-refractivity contribution in [1.82, 2.24) is 0 Å². The van der Waals surface area contributed by atoms with Gasteiger partial charge in [-0.25, -0.2) is 4.79 Å². The van der Waals surface area contributed by atoms with Crippen LogP contribution >= 0.6 is 11.8 Å². The van der Waals surface area contributed by atoms with Crippen molar-refractivity contribution in [3.05, 3.63) is 54.1 Å². The number of carbonyl (C=O) groups is 3. The fourth-order valence-electron chi connectivity index (χ4n) is 2.95. The summed E-state index contributed by atoms with van der Waals surface area (Å²) in [6, 6.07) is 14.2. The number of amides is 2. The van der Waals surface area contributed by atoms with E-state index in [1.807, 2.05) is 44.2 Å². The highest BCUT2D eigenvalue weighted by Gasteiger charge is 2.21. The third kappa shape index (κ3) is 4.72. The number of thioether (sulfide) groups is 1. The lowest BCUT2D eigenvalue weighted by molar-refractivity contribution is -0.122. The van der Waals surface area contributed by atoms with Crippen molar-refractivity contribution in [3.63, 3.8) is 0 Å². The van der Waals surface area contributed by atoms with E-state index in [1.165, 1.54) is 0 Å². The van der Waals surface area contributed by atoms with E-state index in [4.69, 9.17) is 4.74 Å². The molecule has 28 heavy (non-hydrogen) atoms. The average molecular weight is 398 g/mol. The highest BCUT2D eigenvalue weighted by molar-refractivity contribution is 7.99. The van der Waals surface area contributed by atoms with Crippen LogP contribution in [0.2, 0.25) is 0 Å². The van der Waals surface area contributed by atoms with E-state index in [-0.39, 0.29) is 24.5 Å². The number of benzene rings is 2. The number of hydrogen-bond acceptors (Lipinski definition) is 5. The molecule has 3 rings (SSSR count). The van der Waals surface area contributed by atoms with E-state index in [2.05, 4.69) is 5.32 Å². The molecule has 0 aromatic heterocycles. The van der Waals surface area contributed by atoms with Gasteiger partial charge < -0.3 is 15.0 Å². The molecule has 1 aliphatic heterocycles. The van der Waals surface area contributed by atoms with Gasteiger partial charge in [-0.1, -0.05) is 18.2 Å². The summed E-state index contributed by atoms with van der Waals surface area (Å²) in [4.78, 5) is 39.3. The Bertz CT molecular complexity index is 883. The number of fused-ring (bicyclic) bond motifs is 1. The molecule has 1 heterocycles. The van der Waals surface area contributed by atoms with Crippen molar-refractivity contribution in [2.45, 2.75) is 31.2 Å². The standard InChI is InChI=1S/C21H22N2O4S/c1-14(2)23(16-6-4-3-5-7-16)20(25)13-27-21(26)15-8-9-18-17(12-15)22-19(24)10-11-28-18/h3-9,12,14H,10-11,13H2,1-2H3,(H,22,24). The third-order valence-corrected chi connectivity index (χ3v) is 5.30. The first-order chi connectivity index (χ1) is 13.5. The summed E-state index contributed by atoms with van der Waals surface area (Å²) >= 11 is 1.56. The van der Waals surface area contributed by atoms with Crippen molar-refractivity contribution in [2.24, 2.45) is 0 Å². The number of rotatable bonds is 5. The van der Waals surface area contributed by atoms with Gasteiger partial charge in [-0.05, 0) is 44.2 Å². The van der Waals surface area contributed by atoms with Gasteiger partial charge in [0.25, 0.3) is 5.91 Å². The zero-order valence-electron chi connectivity index (χ0n) is 15.8. The maximum absolute atomic E-state index is 12.6. The van der Waals surface area contributed by atoms with E-state index >= 15 is 0 Å². The second-order valence-corrected chi connectivity index (χ2v) is 7.76. The van der Waals surface area contributed by atoms with Crippen LogP contribution in [0, 0.1) is 0 Å².